The zero-order chi connectivity index (χ0) is 13.8. The van der Waals surface area contributed by atoms with Gasteiger partial charge in [-0.2, -0.15) is 5.26 Å². The fourth-order valence-corrected chi connectivity index (χ4v) is 2.43. The molecule has 1 aliphatic heterocycles. The molecule has 1 aromatic rings. The Labute approximate surface area is 114 Å². The number of nitriles is 1. The van der Waals surface area contributed by atoms with E-state index in [1.807, 2.05) is 18.2 Å². The molecule has 0 saturated carbocycles. The van der Waals surface area contributed by atoms with Crippen LogP contribution in [0.4, 0.5) is 11.4 Å². The number of anilines is 2. The van der Waals surface area contributed by atoms with Gasteiger partial charge < -0.3 is 15.3 Å². The summed E-state index contributed by atoms with van der Waals surface area (Å²) < 4.78 is 0. The van der Waals surface area contributed by atoms with E-state index in [1.165, 1.54) is 0 Å². The Hall–Kier alpha value is -1.73. The molecular formula is C15H21N3O. The Kier molecular flexibility index (Phi) is 4.28. The lowest BCUT2D eigenvalue weighted by Gasteiger charge is -2.32. The first-order valence-corrected chi connectivity index (χ1v) is 6.84. The van der Waals surface area contributed by atoms with Gasteiger partial charge in [-0.25, -0.2) is 0 Å². The lowest BCUT2D eigenvalue weighted by atomic mass is 10.0. The van der Waals surface area contributed by atoms with Crippen LogP contribution in [0.1, 0.15) is 32.3 Å². The minimum Gasteiger partial charge on any atom is -0.393 e. The number of hydrogen-bond acceptors (Lipinski definition) is 4. The van der Waals surface area contributed by atoms with Crippen LogP contribution in [0.3, 0.4) is 0 Å². The molecule has 0 unspecified atom stereocenters. The number of piperidine rings is 1. The van der Waals surface area contributed by atoms with Crippen LogP contribution in [-0.2, 0) is 0 Å². The minimum atomic E-state index is -0.191. The first-order chi connectivity index (χ1) is 9.10. The third kappa shape index (κ3) is 3.39. The summed E-state index contributed by atoms with van der Waals surface area (Å²) in [5.74, 6) is 0. The third-order valence-electron chi connectivity index (χ3n) is 3.38. The molecule has 1 heterocycles. The van der Waals surface area contributed by atoms with Gasteiger partial charge in [-0.15, -0.1) is 0 Å². The van der Waals surface area contributed by atoms with Gasteiger partial charge in [-0.3, -0.25) is 0 Å². The van der Waals surface area contributed by atoms with Crippen molar-refractivity contribution < 1.29 is 5.11 Å². The molecule has 0 atom stereocenters. The van der Waals surface area contributed by atoms with Crippen molar-refractivity contribution in [2.24, 2.45) is 0 Å². The minimum absolute atomic E-state index is 0.191. The topological polar surface area (TPSA) is 59.3 Å². The van der Waals surface area contributed by atoms with Gasteiger partial charge in [-0.1, -0.05) is 0 Å². The molecule has 102 valence electrons. The van der Waals surface area contributed by atoms with E-state index in [-0.39, 0.29) is 6.10 Å². The zero-order valence-electron chi connectivity index (χ0n) is 11.6. The summed E-state index contributed by atoms with van der Waals surface area (Å²) in [6.07, 6.45) is 1.36. The van der Waals surface area contributed by atoms with Crippen LogP contribution in [0.5, 0.6) is 0 Å². The summed E-state index contributed by atoms with van der Waals surface area (Å²) in [6.45, 7) is 5.78. The number of aliphatic hydroxyl groups excluding tert-OH is 1. The van der Waals surface area contributed by atoms with E-state index >= 15 is 0 Å². The lowest BCUT2D eigenvalue weighted by Crippen LogP contribution is -2.36. The predicted molar refractivity (Wildman–Crippen MR) is 77.4 cm³/mol. The predicted octanol–water partition coefficient (Wildman–Crippen LogP) is 2.34. The molecule has 0 amide bonds. The molecule has 0 aromatic heterocycles. The van der Waals surface area contributed by atoms with Crippen LogP contribution < -0.4 is 10.2 Å². The summed E-state index contributed by atoms with van der Waals surface area (Å²) in [4.78, 5) is 2.18. The lowest BCUT2D eigenvalue weighted by molar-refractivity contribution is 0.145. The van der Waals surface area contributed by atoms with E-state index in [4.69, 9.17) is 0 Å². The Morgan fingerprint density at radius 1 is 1.37 bits per heavy atom. The van der Waals surface area contributed by atoms with Crippen LogP contribution in [0.2, 0.25) is 0 Å². The highest BCUT2D eigenvalue weighted by Gasteiger charge is 2.19. The van der Waals surface area contributed by atoms with Gasteiger partial charge in [0.2, 0.25) is 0 Å². The smallest absolute Gasteiger partial charge is 0.101 e. The molecule has 2 rings (SSSR count). The number of rotatable bonds is 3. The van der Waals surface area contributed by atoms with Crippen molar-refractivity contribution in [1.29, 1.82) is 5.26 Å². The summed E-state index contributed by atoms with van der Waals surface area (Å²) in [7, 11) is 0. The Bertz CT molecular complexity index is 471. The second kappa shape index (κ2) is 5.94. The SMILES string of the molecule is CC(C)Nc1ccc(N2CCC(O)CC2)c(C#N)c1. The normalized spacial score (nSPS) is 16.5. The van der Waals surface area contributed by atoms with Crippen LogP contribution in [0.15, 0.2) is 18.2 Å². The highest BCUT2D eigenvalue weighted by molar-refractivity contribution is 5.65. The second-order valence-corrected chi connectivity index (χ2v) is 5.36. The van der Waals surface area contributed by atoms with Crippen molar-refractivity contribution in [1.82, 2.24) is 0 Å². The number of nitrogens with one attached hydrogen (secondary N) is 1. The maximum atomic E-state index is 9.54. The molecule has 1 saturated heterocycles. The van der Waals surface area contributed by atoms with E-state index < -0.39 is 0 Å². The maximum Gasteiger partial charge on any atom is 0.101 e. The average molecular weight is 259 g/mol. The first-order valence-electron chi connectivity index (χ1n) is 6.84. The highest BCUT2D eigenvalue weighted by Crippen LogP contribution is 2.26. The first kappa shape index (κ1) is 13.7. The zero-order valence-corrected chi connectivity index (χ0v) is 11.6. The summed E-state index contributed by atoms with van der Waals surface area (Å²) in [6, 6.07) is 8.54. The summed E-state index contributed by atoms with van der Waals surface area (Å²) in [5, 5.41) is 22.2. The number of nitrogens with zero attached hydrogens (tertiary/aromatic N) is 2. The number of hydrogen-bond donors (Lipinski definition) is 2. The van der Waals surface area contributed by atoms with Crippen LogP contribution >= 0.6 is 0 Å². The van der Waals surface area contributed by atoms with Crippen molar-refractivity contribution in [3.05, 3.63) is 23.8 Å². The molecule has 4 heteroatoms. The van der Waals surface area contributed by atoms with E-state index in [9.17, 15) is 10.4 Å². The summed E-state index contributed by atoms with van der Waals surface area (Å²) in [5.41, 5.74) is 2.65. The van der Waals surface area contributed by atoms with Gasteiger partial charge in [0.1, 0.15) is 6.07 Å². The van der Waals surface area contributed by atoms with E-state index in [0.29, 0.717) is 11.6 Å². The fourth-order valence-electron chi connectivity index (χ4n) is 2.43. The molecule has 0 bridgehead atoms. The van der Waals surface area contributed by atoms with Crippen molar-refractivity contribution in [2.45, 2.75) is 38.8 Å². The Morgan fingerprint density at radius 2 is 2.05 bits per heavy atom. The standard InChI is InChI=1S/C15H21N3O/c1-11(2)17-13-3-4-15(12(9-13)10-16)18-7-5-14(19)6-8-18/h3-4,9,11,14,17,19H,5-8H2,1-2H3. The molecule has 1 aromatic carbocycles. The van der Waals surface area contributed by atoms with Crippen molar-refractivity contribution in [3.8, 4) is 6.07 Å². The molecule has 4 nitrogen and oxygen atoms in total. The van der Waals surface area contributed by atoms with Gasteiger partial charge in [-0.05, 0) is 44.9 Å². The molecule has 1 aliphatic rings. The molecule has 0 radical (unpaired) electrons. The molecule has 1 fully saturated rings. The van der Waals surface area contributed by atoms with Crippen LogP contribution in [0.25, 0.3) is 0 Å². The quantitative estimate of drug-likeness (QED) is 0.874. The largest absolute Gasteiger partial charge is 0.393 e. The molecule has 0 spiro atoms. The Balaban J connectivity index is 2.19. The van der Waals surface area contributed by atoms with E-state index in [0.717, 1.165) is 37.3 Å². The van der Waals surface area contributed by atoms with E-state index in [2.05, 4.69) is 30.1 Å². The fraction of sp³-hybridized carbons (Fsp3) is 0.533. The van der Waals surface area contributed by atoms with Crippen LogP contribution in [-0.4, -0.2) is 30.3 Å². The van der Waals surface area contributed by atoms with Crippen molar-refractivity contribution >= 4 is 11.4 Å². The Morgan fingerprint density at radius 3 is 2.63 bits per heavy atom. The molecular weight excluding hydrogens is 238 g/mol. The summed E-state index contributed by atoms with van der Waals surface area (Å²) >= 11 is 0. The van der Waals surface area contributed by atoms with E-state index in [1.54, 1.807) is 0 Å². The van der Waals surface area contributed by atoms with Gasteiger partial charge >= 0.3 is 0 Å². The molecule has 2 N–H and O–H groups in total. The van der Waals surface area contributed by atoms with Crippen molar-refractivity contribution in [3.63, 3.8) is 0 Å². The van der Waals surface area contributed by atoms with Gasteiger partial charge in [0, 0.05) is 24.8 Å². The third-order valence-corrected chi connectivity index (χ3v) is 3.38. The molecule has 0 aliphatic carbocycles. The van der Waals surface area contributed by atoms with Gasteiger partial charge in [0.05, 0.1) is 17.4 Å². The number of aliphatic hydroxyl groups is 1. The second-order valence-electron chi connectivity index (χ2n) is 5.36. The maximum absolute atomic E-state index is 9.54. The van der Waals surface area contributed by atoms with Crippen molar-refractivity contribution in [2.75, 3.05) is 23.3 Å². The van der Waals surface area contributed by atoms with Crippen LogP contribution in [0, 0.1) is 11.3 Å². The highest BCUT2D eigenvalue weighted by atomic mass is 16.3. The number of benzene rings is 1. The van der Waals surface area contributed by atoms with Gasteiger partial charge in [0.25, 0.3) is 0 Å². The molecule has 19 heavy (non-hydrogen) atoms. The van der Waals surface area contributed by atoms with Gasteiger partial charge in [0.15, 0.2) is 0 Å². The monoisotopic (exact) mass is 259 g/mol. The average Bonchev–Trinajstić information content (AvgIpc) is 2.39.